The van der Waals surface area contributed by atoms with E-state index in [9.17, 15) is 28.1 Å². The van der Waals surface area contributed by atoms with Gasteiger partial charge < -0.3 is 14.1 Å². The highest BCUT2D eigenvalue weighted by Gasteiger charge is 2.47. The molecule has 0 fully saturated rings. The highest BCUT2D eigenvalue weighted by molar-refractivity contribution is 7.89. The van der Waals surface area contributed by atoms with E-state index in [1.165, 1.54) is 48.2 Å². The topological polar surface area (TPSA) is 149 Å². The zero-order valence-corrected chi connectivity index (χ0v) is 29.1. The molecule has 2 amide bonds. The van der Waals surface area contributed by atoms with E-state index in [0.29, 0.717) is 4.47 Å². The molecule has 0 aliphatic carbocycles. The van der Waals surface area contributed by atoms with Gasteiger partial charge in [-0.3, -0.25) is 24.6 Å². The number of para-hydroxylation sites is 1. The Morgan fingerprint density at radius 1 is 1.16 bits per heavy atom. The van der Waals surface area contributed by atoms with Crippen LogP contribution in [-0.4, -0.2) is 99.5 Å². The molecule has 1 aliphatic heterocycles. The minimum absolute atomic E-state index is 0.00450. The largest absolute Gasteiger partial charge is 0.444 e. The molecule has 0 unspecified atom stereocenters. The van der Waals surface area contributed by atoms with E-state index in [2.05, 4.69) is 40.4 Å². The Balaban J connectivity index is 2.81. The van der Waals surface area contributed by atoms with Gasteiger partial charge in [-0.2, -0.15) is 0 Å². The first kappa shape index (κ1) is 37.1. The van der Waals surface area contributed by atoms with Crippen molar-refractivity contribution in [3.63, 3.8) is 0 Å². The second-order valence-electron chi connectivity index (χ2n) is 13.2. The molecule has 1 aliphatic rings. The molecule has 0 spiro atoms. The lowest BCUT2D eigenvalue weighted by atomic mass is 9.97. The van der Waals surface area contributed by atoms with E-state index in [4.69, 9.17) is 14.0 Å². The number of carbonyl (C=O) groups excluding carboxylic acids is 2. The lowest BCUT2D eigenvalue weighted by Gasteiger charge is -2.43. The molecule has 0 N–H and O–H groups in total. The number of nitro benzene ring substituents is 1. The number of likely N-dealkylation sites (N-methyl/N-ethyl adjacent to an activating group) is 1. The molecule has 1 aromatic carbocycles. The summed E-state index contributed by atoms with van der Waals surface area (Å²) in [6.07, 6.45) is 2.03. The molecule has 0 saturated carbocycles. The van der Waals surface area contributed by atoms with E-state index in [0.717, 1.165) is 12.1 Å². The Morgan fingerprint density at radius 2 is 1.75 bits per heavy atom. The summed E-state index contributed by atoms with van der Waals surface area (Å²) in [7, 11) is -4.10. The molecular weight excluding hydrogens is 608 g/mol. The van der Waals surface area contributed by atoms with Gasteiger partial charge in [0, 0.05) is 32.3 Å². The number of amides is 2. The van der Waals surface area contributed by atoms with Crippen LogP contribution in [0.3, 0.4) is 0 Å². The summed E-state index contributed by atoms with van der Waals surface area (Å²) in [6.45, 7) is 18.3. The minimum Gasteiger partial charge on any atom is -0.444 e. The molecule has 2 rings (SSSR count). The highest BCUT2D eigenvalue weighted by atomic mass is 32.2. The summed E-state index contributed by atoms with van der Waals surface area (Å²) in [4.78, 5) is 45.8. The third-order valence-electron chi connectivity index (χ3n) is 7.35. The van der Waals surface area contributed by atoms with Gasteiger partial charge in [0.15, 0.2) is 13.2 Å². The maximum Gasteiger partial charge on any atom is 0.410 e. The predicted molar refractivity (Wildman–Crippen MR) is 169 cm³/mol. The number of benzene rings is 1. The second kappa shape index (κ2) is 13.9. The van der Waals surface area contributed by atoms with Gasteiger partial charge in [0.2, 0.25) is 0 Å². The van der Waals surface area contributed by atoms with Crippen LogP contribution in [0.1, 0.15) is 41.5 Å². The monoisotopic (exact) mass is 654 g/mol. The van der Waals surface area contributed by atoms with Crippen LogP contribution in [0.5, 0.6) is 0 Å². The first-order chi connectivity index (χ1) is 20.0. The smallest absolute Gasteiger partial charge is 0.410 e. The van der Waals surface area contributed by atoms with E-state index in [-0.39, 0.29) is 30.4 Å². The van der Waals surface area contributed by atoms with E-state index >= 15 is 0 Å². The lowest BCUT2D eigenvalue weighted by Crippen LogP contribution is -2.58. The summed E-state index contributed by atoms with van der Waals surface area (Å²) in [5.41, 5.74) is -1.56. The van der Waals surface area contributed by atoms with Gasteiger partial charge >= 0.3 is 6.09 Å². The maximum absolute atomic E-state index is 14.1. The van der Waals surface area contributed by atoms with Crippen molar-refractivity contribution in [1.82, 2.24) is 14.3 Å². The van der Waals surface area contributed by atoms with Crippen molar-refractivity contribution in [3.05, 3.63) is 58.7 Å². The van der Waals surface area contributed by atoms with Crippen LogP contribution < -0.4 is 0 Å². The average molecular weight is 655 g/mol. The van der Waals surface area contributed by atoms with Crippen LogP contribution in [0, 0.1) is 10.1 Å². The van der Waals surface area contributed by atoms with Crippen LogP contribution in [0.25, 0.3) is 0 Å². The zero-order valence-electron chi connectivity index (χ0n) is 27.3. The number of carbonyl (C=O) groups is 2. The molecule has 1 aromatic rings. The molecular formula is C29H46N4O9SSi. The Kier molecular flexibility index (Phi) is 11.7. The van der Waals surface area contributed by atoms with Gasteiger partial charge in [-0.05, 0) is 51.0 Å². The summed E-state index contributed by atoms with van der Waals surface area (Å²) >= 11 is 0. The quantitative estimate of drug-likeness (QED) is 0.143. The van der Waals surface area contributed by atoms with E-state index < -0.39 is 63.5 Å². The van der Waals surface area contributed by atoms with E-state index in [1.807, 2.05) is 0 Å². The SMILES string of the molecule is C=CCON([C@H]1CN(C(=O)OC(C)(C)C)[C@H](CO[Si](C)(C)C(C)(C)C)C=C1C(=O)N(C)C)S(=O)(=O)c1ccccc1[N+](=O)[O-]. The Hall–Kier alpha value is -3.11. The summed E-state index contributed by atoms with van der Waals surface area (Å²) in [6, 6.07) is 2.61. The zero-order chi connectivity index (χ0) is 33.8. The fourth-order valence-corrected chi connectivity index (χ4v) is 6.62. The third-order valence-corrected chi connectivity index (χ3v) is 13.6. The maximum atomic E-state index is 14.1. The summed E-state index contributed by atoms with van der Waals surface area (Å²) in [5.74, 6) is -0.541. The number of sulfonamides is 1. The minimum atomic E-state index is -4.79. The van der Waals surface area contributed by atoms with E-state index in [1.54, 1.807) is 20.8 Å². The summed E-state index contributed by atoms with van der Waals surface area (Å²) in [5, 5.41) is 11.6. The van der Waals surface area contributed by atoms with Gasteiger partial charge in [0.05, 0.1) is 30.2 Å². The van der Waals surface area contributed by atoms with Crippen molar-refractivity contribution < 1.29 is 36.9 Å². The molecule has 2 atom stereocenters. The van der Waals surface area contributed by atoms with Crippen LogP contribution in [0.4, 0.5) is 10.5 Å². The van der Waals surface area contributed by atoms with Gasteiger partial charge in [0.25, 0.3) is 21.6 Å². The molecule has 15 heteroatoms. The Morgan fingerprint density at radius 3 is 2.25 bits per heavy atom. The van der Waals surface area contributed by atoms with Gasteiger partial charge in [0.1, 0.15) is 5.60 Å². The van der Waals surface area contributed by atoms with Crippen molar-refractivity contribution in [1.29, 1.82) is 0 Å². The van der Waals surface area contributed by atoms with Crippen LogP contribution in [0.15, 0.2) is 53.5 Å². The number of ether oxygens (including phenoxy) is 1. The fraction of sp³-hybridized carbons (Fsp3) is 0.586. The molecule has 0 radical (unpaired) electrons. The number of rotatable bonds is 11. The Bertz CT molecular complexity index is 1380. The van der Waals surface area contributed by atoms with Gasteiger partial charge in [-0.25, -0.2) is 13.2 Å². The molecule has 13 nitrogen and oxygen atoms in total. The Labute approximate surface area is 261 Å². The van der Waals surface area contributed by atoms with Crippen molar-refractivity contribution in [2.45, 2.75) is 82.3 Å². The first-order valence-corrected chi connectivity index (χ1v) is 18.5. The number of nitrogens with zero attached hydrogens (tertiary/aromatic N) is 4. The normalized spacial score (nSPS) is 18.1. The summed E-state index contributed by atoms with van der Waals surface area (Å²) < 4.78 is 40.9. The number of hydrogen-bond acceptors (Lipinski definition) is 9. The standard InChI is InChI=1S/C29H46N4O9SSi/c1-12-17-40-33(43(38,39)25-16-14-13-15-23(25)32(36)37)24-19-31(27(35)42-28(2,3)4)21(18-22(24)26(34)30(8)9)20-41-44(10,11)29(5,6)7/h12-16,18,21,24H,1,17,19-20H2,2-11H3/t21-,24-/m0/s1. The first-order valence-electron chi connectivity index (χ1n) is 14.1. The molecule has 0 aromatic heterocycles. The van der Waals surface area contributed by atoms with Gasteiger partial charge in [-0.15, -0.1) is 6.58 Å². The van der Waals surface area contributed by atoms with Crippen molar-refractivity contribution in [2.24, 2.45) is 0 Å². The second-order valence-corrected chi connectivity index (χ2v) is 19.7. The molecule has 0 saturated heterocycles. The van der Waals surface area contributed by atoms with Crippen LogP contribution in [0.2, 0.25) is 18.1 Å². The number of hydrogen-bond donors (Lipinski definition) is 0. The fourth-order valence-electron chi connectivity index (χ4n) is 4.04. The van der Waals surface area contributed by atoms with Crippen molar-refractivity contribution >= 4 is 36.0 Å². The number of nitro groups is 1. The van der Waals surface area contributed by atoms with Crippen LogP contribution in [-0.2, 0) is 28.8 Å². The molecule has 0 bridgehead atoms. The van der Waals surface area contributed by atoms with Gasteiger partial charge in [-0.1, -0.05) is 43.4 Å². The predicted octanol–water partition coefficient (Wildman–Crippen LogP) is 4.73. The average Bonchev–Trinajstić information content (AvgIpc) is 2.89. The third kappa shape index (κ3) is 8.75. The van der Waals surface area contributed by atoms with Crippen molar-refractivity contribution in [3.8, 4) is 0 Å². The lowest BCUT2D eigenvalue weighted by molar-refractivity contribution is -0.388. The molecule has 1 heterocycles. The highest BCUT2D eigenvalue weighted by Crippen LogP contribution is 2.38. The van der Waals surface area contributed by atoms with Crippen LogP contribution >= 0.6 is 0 Å². The molecule has 246 valence electrons. The molecule has 44 heavy (non-hydrogen) atoms. The van der Waals surface area contributed by atoms with Crippen molar-refractivity contribution in [2.75, 3.05) is 33.9 Å². The number of hydroxylamine groups is 1.